The van der Waals surface area contributed by atoms with Crippen LogP contribution < -0.4 is 0 Å². The third-order valence-electron chi connectivity index (χ3n) is 4.84. The van der Waals surface area contributed by atoms with Crippen LogP contribution in [0.5, 0.6) is 0 Å². The second-order valence-corrected chi connectivity index (χ2v) is 8.55. The van der Waals surface area contributed by atoms with Crippen molar-refractivity contribution in [2.45, 2.75) is 44.6 Å². The van der Waals surface area contributed by atoms with Crippen molar-refractivity contribution in [3.05, 3.63) is 51.8 Å². The van der Waals surface area contributed by atoms with E-state index in [1.165, 1.54) is 18.9 Å². The predicted molar refractivity (Wildman–Crippen MR) is 117 cm³/mol. The van der Waals surface area contributed by atoms with Crippen molar-refractivity contribution in [1.82, 2.24) is 19.7 Å². The van der Waals surface area contributed by atoms with Crippen LogP contribution in [-0.2, 0) is 11.3 Å². The van der Waals surface area contributed by atoms with Crippen LogP contribution in [0, 0.1) is 13.8 Å². The van der Waals surface area contributed by atoms with Gasteiger partial charge in [0.1, 0.15) is 0 Å². The highest BCUT2D eigenvalue weighted by molar-refractivity contribution is 8.00. The van der Waals surface area contributed by atoms with E-state index < -0.39 is 11.2 Å². The first-order chi connectivity index (χ1) is 14.3. The van der Waals surface area contributed by atoms with Crippen molar-refractivity contribution in [1.29, 1.82) is 0 Å². The van der Waals surface area contributed by atoms with Gasteiger partial charge in [-0.05, 0) is 45.4 Å². The first kappa shape index (κ1) is 22.1. The molecule has 1 atom stereocenters. The fourth-order valence-electron chi connectivity index (χ4n) is 3.32. The number of carbonyl (C=O) groups is 2. The summed E-state index contributed by atoms with van der Waals surface area (Å²) in [7, 11) is 1.32. The topological polar surface area (TPSA) is 89.9 Å². The molecule has 1 aromatic carbocycles. The molecule has 0 aliphatic heterocycles. The maximum Gasteiger partial charge on any atom is 0.339 e. The van der Waals surface area contributed by atoms with E-state index in [1.54, 1.807) is 19.9 Å². The van der Waals surface area contributed by atoms with Gasteiger partial charge in [0.05, 0.1) is 23.6 Å². The standard InChI is InChI=1S/C21H23ClN4O3S/c1-6-26-19(14-8-7-9-15(22)10-14)24-25-21(26)30-13(4)18(27)17-11(2)16(12(3)23-17)20(28)29-5/h7-10,13,23H,6H2,1-5H3. The molecule has 0 radical (unpaired) electrons. The Morgan fingerprint density at radius 3 is 2.67 bits per heavy atom. The van der Waals surface area contributed by atoms with Gasteiger partial charge < -0.3 is 14.3 Å². The summed E-state index contributed by atoms with van der Waals surface area (Å²) in [6.07, 6.45) is 0. The van der Waals surface area contributed by atoms with Crippen LogP contribution in [0.4, 0.5) is 0 Å². The molecule has 158 valence electrons. The average Bonchev–Trinajstić information content (AvgIpc) is 3.26. The zero-order valence-corrected chi connectivity index (χ0v) is 19.0. The Morgan fingerprint density at radius 1 is 1.30 bits per heavy atom. The number of benzene rings is 1. The molecule has 1 N–H and O–H groups in total. The number of aromatic amines is 1. The monoisotopic (exact) mass is 446 g/mol. The Bertz CT molecular complexity index is 1110. The molecular formula is C21H23ClN4O3S. The van der Waals surface area contributed by atoms with Gasteiger partial charge in [-0.25, -0.2) is 4.79 Å². The maximum absolute atomic E-state index is 13.1. The fraction of sp³-hybridized carbons (Fsp3) is 0.333. The summed E-state index contributed by atoms with van der Waals surface area (Å²) in [5, 5.41) is 9.42. The molecule has 0 amide bonds. The molecule has 3 rings (SSSR count). The number of ketones is 1. The Hall–Kier alpha value is -2.58. The number of rotatable bonds is 7. The number of aromatic nitrogens is 4. The number of methoxy groups -OCH3 is 1. The van der Waals surface area contributed by atoms with E-state index in [1.807, 2.05) is 36.6 Å². The van der Waals surface area contributed by atoms with Crippen LogP contribution in [-0.4, -0.2) is 43.9 Å². The van der Waals surface area contributed by atoms with Crippen molar-refractivity contribution in [2.75, 3.05) is 7.11 Å². The minimum Gasteiger partial charge on any atom is -0.465 e. The van der Waals surface area contributed by atoms with Crippen LogP contribution in [0.2, 0.25) is 5.02 Å². The molecule has 0 saturated carbocycles. The number of esters is 1. The second kappa shape index (κ2) is 9.06. The van der Waals surface area contributed by atoms with E-state index >= 15 is 0 Å². The number of hydrogen-bond donors (Lipinski definition) is 1. The van der Waals surface area contributed by atoms with Gasteiger partial charge in [0, 0.05) is 22.8 Å². The molecule has 0 saturated heterocycles. The molecule has 0 fully saturated rings. The van der Waals surface area contributed by atoms with Gasteiger partial charge in [0.2, 0.25) is 0 Å². The molecule has 2 heterocycles. The average molecular weight is 447 g/mol. The van der Waals surface area contributed by atoms with Crippen LogP contribution >= 0.6 is 23.4 Å². The van der Waals surface area contributed by atoms with Gasteiger partial charge in [-0.1, -0.05) is 35.5 Å². The van der Waals surface area contributed by atoms with Gasteiger partial charge >= 0.3 is 5.97 Å². The van der Waals surface area contributed by atoms with Crippen LogP contribution in [0.1, 0.15) is 46.0 Å². The van der Waals surface area contributed by atoms with E-state index in [2.05, 4.69) is 15.2 Å². The summed E-state index contributed by atoms with van der Waals surface area (Å²) in [6.45, 7) is 7.94. The number of carbonyl (C=O) groups excluding carboxylic acids is 2. The second-order valence-electron chi connectivity index (χ2n) is 6.80. The van der Waals surface area contributed by atoms with E-state index in [9.17, 15) is 9.59 Å². The fourth-order valence-corrected chi connectivity index (χ4v) is 4.48. The molecule has 3 aromatic rings. The molecule has 0 bridgehead atoms. The summed E-state index contributed by atoms with van der Waals surface area (Å²) in [5.41, 5.74) is 2.87. The molecule has 0 spiro atoms. The molecule has 0 aliphatic carbocycles. The molecule has 7 nitrogen and oxygen atoms in total. The molecule has 30 heavy (non-hydrogen) atoms. The van der Waals surface area contributed by atoms with Gasteiger partial charge in [0.15, 0.2) is 16.8 Å². The van der Waals surface area contributed by atoms with E-state index in [4.69, 9.17) is 16.3 Å². The number of thioether (sulfide) groups is 1. The minimum atomic E-state index is -0.461. The van der Waals surface area contributed by atoms with Gasteiger partial charge in [-0.3, -0.25) is 4.79 Å². The Morgan fingerprint density at radius 2 is 2.03 bits per heavy atom. The van der Waals surface area contributed by atoms with Crippen molar-refractivity contribution < 1.29 is 14.3 Å². The third-order valence-corrected chi connectivity index (χ3v) is 6.16. The lowest BCUT2D eigenvalue weighted by molar-refractivity contribution is 0.0599. The number of H-pyrrole nitrogens is 1. The minimum absolute atomic E-state index is 0.120. The highest BCUT2D eigenvalue weighted by Gasteiger charge is 2.27. The Kier molecular flexibility index (Phi) is 6.67. The molecule has 1 unspecified atom stereocenters. The lowest BCUT2D eigenvalue weighted by Gasteiger charge is -2.12. The van der Waals surface area contributed by atoms with Crippen molar-refractivity contribution in [3.8, 4) is 11.4 Å². The number of halogens is 1. The first-order valence-electron chi connectivity index (χ1n) is 9.45. The van der Waals surface area contributed by atoms with Crippen molar-refractivity contribution in [3.63, 3.8) is 0 Å². The zero-order valence-electron chi connectivity index (χ0n) is 17.4. The van der Waals surface area contributed by atoms with Crippen LogP contribution in [0.15, 0.2) is 29.4 Å². The predicted octanol–water partition coefficient (Wildman–Crippen LogP) is 4.71. The Balaban J connectivity index is 1.87. The van der Waals surface area contributed by atoms with E-state index in [0.717, 1.165) is 5.56 Å². The smallest absolute Gasteiger partial charge is 0.339 e. The molecule has 2 aromatic heterocycles. The summed E-state index contributed by atoms with van der Waals surface area (Å²) >= 11 is 7.44. The zero-order chi connectivity index (χ0) is 22.0. The van der Waals surface area contributed by atoms with Crippen LogP contribution in [0.25, 0.3) is 11.4 Å². The van der Waals surface area contributed by atoms with Crippen LogP contribution in [0.3, 0.4) is 0 Å². The largest absolute Gasteiger partial charge is 0.465 e. The summed E-state index contributed by atoms with van der Waals surface area (Å²) in [6, 6.07) is 7.42. The quantitative estimate of drug-likeness (QED) is 0.321. The van der Waals surface area contributed by atoms with Crippen molar-refractivity contribution in [2.24, 2.45) is 0 Å². The summed E-state index contributed by atoms with van der Waals surface area (Å²) < 4.78 is 6.78. The number of Topliss-reactive ketones (excluding diaryl/α,β-unsaturated/α-hetero) is 1. The summed E-state index contributed by atoms with van der Waals surface area (Å²) in [5.74, 6) is 0.116. The summed E-state index contributed by atoms with van der Waals surface area (Å²) in [4.78, 5) is 28.1. The van der Waals surface area contributed by atoms with Crippen molar-refractivity contribution >= 4 is 35.1 Å². The number of aryl methyl sites for hydroxylation is 1. The number of ether oxygens (including phenoxy) is 1. The highest BCUT2D eigenvalue weighted by atomic mass is 35.5. The van der Waals surface area contributed by atoms with Gasteiger partial charge in [-0.2, -0.15) is 0 Å². The Labute approximate surface area is 184 Å². The lowest BCUT2D eigenvalue weighted by atomic mass is 10.1. The van der Waals surface area contributed by atoms with E-state index in [-0.39, 0.29) is 5.78 Å². The van der Waals surface area contributed by atoms with E-state index in [0.29, 0.717) is 45.1 Å². The first-order valence-corrected chi connectivity index (χ1v) is 10.7. The maximum atomic E-state index is 13.1. The molecular weight excluding hydrogens is 424 g/mol. The SMILES string of the molecule is CCn1c(SC(C)C(=O)c2[nH]c(C)c(C(=O)OC)c2C)nnc1-c1cccc(Cl)c1. The number of nitrogens with zero attached hydrogens (tertiary/aromatic N) is 3. The number of nitrogens with one attached hydrogen (secondary N) is 1. The number of hydrogen-bond acceptors (Lipinski definition) is 6. The lowest BCUT2D eigenvalue weighted by Crippen LogP contribution is -2.16. The van der Waals surface area contributed by atoms with Gasteiger partial charge in [-0.15, -0.1) is 10.2 Å². The van der Waals surface area contributed by atoms with Gasteiger partial charge in [0.25, 0.3) is 0 Å². The molecule has 9 heteroatoms. The third kappa shape index (κ3) is 4.15. The molecule has 0 aliphatic rings. The highest BCUT2D eigenvalue weighted by Crippen LogP contribution is 2.30. The normalized spacial score (nSPS) is 12.1.